The molecule has 9 heteroatoms. The number of aromatic nitrogens is 6. The number of benzene rings is 1. The Morgan fingerprint density at radius 2 is 1.94 bits per heavy atom. The summed E-state index contributed by atoms with van der Waals surface area (Å²) in [5, 5.41) is 8.42. The van der Waals surface area contributed by atoms with Gasteiger partial charge in [0.2, 0.25) is 0 Å². The Hall–Kier alpha value is -3.82. The number of aromatic amines is 2. The zero-order chi connectivity index (χ0) is 22.2. The minimum atomic E-state index is 0.502. The Labute approximate surface area is 189 Å². The summed E-state index contributed by atoms with van der Waals surface area (Å²) in [6, 6.07) is 12.2. The van der Waals surface area contributed by atoms with E-state index >= 15 is 0 Å². The molecule has 1 aliphatic heterocycles. The van der Waals surface area contributed by atoms with E-state index in [0.717, 1.165) is 70.9 Å². The van der Waals surface area contributed by atoms with Gasteiger partial charge in [-0.3, -0.25) is 5.10 Å². The molecule has 4 aromatic heterocycles. The fourth-order valence-corrected chi connectivity index (χ4v) is 4.25. The maximum atomic E-state index is 5.43. The first-order valence-electron chi connectivity index (χ1n) is 10.9. The van der Waals surface area contributed by atoms with Gasteiger partial charge in [0.25, 0.3) is 0 Å². The van der Waals surface area contributed by atoms with Crippen molar-refractivity contribution < 1.29 is 9.47 Å². The zero-order valence-electron chi connectivity index (χ0n) is 18.2. The number of H-pyrrole nitrogens is 2. The van der Waals surface area contributed by atoms with Crippen LogP contribution in [0.1, 0.15) is 5.56 Å². The third-order valence-corrected chi connectivity index (χ3v) is 5.95. The number of hydrogen-bond acceptors (Lipinski definition) is 7. The van der Waals surface area contributed by atoms with E-state index in [9.17, 15) is 0 Å². The lowest BCUT2D eigenvalue weighted by atomic mass is 10.1. The molecule has 0 saturated carbocycles. The highest BCUT2D eigenvalue weighted by Crippen LogP contribution is 2.30. The van der Waals surface area contributed by atoms with Crippen LogP contribution < -0.4 is 4.90 Å². The smallest absolute Gasteiger partial charge is 0.159 e. The summed E-state index contributed by atoms with van der Waals surface area (Å²) in [4.78, 5) is 19.7. The molecule has 0 aliphatic carbocycles. The molecule has 0 bridgehead atoms. The summed E-state index contributed by atoms with van der Waals surface area (Å²) in [7, 11) is 1.68. The Morgan fingerprint density at radius 1 is 1.06 bits per heavy atom. The standard InChI is InChI=1S/C24H23N7O2/c1-32-14-16-3-2-4-19-21(16)28-24(27-19)22-18-11-17(13-26-23(18)30-29-22)15-5-6-20(25-12-15)31-7-9-33-10-8-31/h2-6,11-13H,7-10,14H2,1H3,(H,27,28)(H,26,29,30). The lowest BCUT2D eigenvalue weighted by Gasteiger charge is -2.27. The first kappa shape index (κ1) is 19.8. The summed E-state index contributed by atoms with van der Waals surface area (Å²) in [5.41, 5.74) is 6.28. The number of nitrogens with zero attached hydrogens (tertiary/aromatic N) is 5. The van der Waals surface area contributed by atoms with Crippen LogP contribution in [0.4, 0.5) is 5.82 Å². The number of anilines is 1. The van der Waals surface area contributed by atoms with Crippen LogP contribution in [0.15, 0.2) is 48.8 Å². The van der Waals surface area contributed by atoms with Crippen molar-refractivity contribution in [2.24, 2.45) is 0 Å². The van der Waals surface area contributed by atoms with Crippen LogP contribution in [0, 0.1) is 0 Å². The lowest BCUT2D eigenvalue weighted by Crippen LogP contribution is -2.36. The molecule has 0 spiro atoms. The molecule has 1 aromatic carbocycles. The van der Waals surface area contributed by atoms with E-state index in [4.69, 9.17) is 14.5 Å². The Balaban J connectivity index is 1.36. The highest BCUT2D eigenvalue weighted by atomic mass is 16.5. The second-order valence-corrected chi connectivity index (χ2v) is 8.03. The van der Waals surface area contributed by atoms with Crippen molar-refractivity contribution in [3.05, 3.63) is 54.4 Å². The van der Waals surface area contributed by atoms with E-state index in [-0.39, 0.29) is 0 Å². The SMILES string of the molecule is COCc1cccc2[nH]c(-c3n[nH]c4ncc(-c5ccc(N6CCOCC6)nc5)cc34)nc12. The molecule has 5 heterocycles. The van der Waals surface area contributed by atoms with Crippen LogP contribution in [0.5, 0.6) is 0 Å². The molecule has 2 N–H and O–H groups in total. The van der Waals surface area contributed by atoms with Crippen LogP contribution in [0.25, 0.3) is 44.7 Å². The molecular weight excluding hydrogens is 418 g/mol. The number of fused-ring (bicyclic) bond motifs is 2. The first-order valence-corrected chi connectivity index (χ1v) is 10.9. The summed E-state index contributed by atoms with van der Waals surface area (Å²) >= 11 is 0. The monoisotopic (exact) mass is 441 g/mol. The predicted molar refractivity (Wildman–Crippen MR) is 126 cm³/mol. The molecule has 0 radical (unpaired) electrons. The van der Waals surface area contributed by atoms with Gasteiger partial charge in [-0.05, 0) is 24.3 Å². The van der Waals surface area contributed by atoms with E-state index in [1.807, 2.05) is 30.6 Å². The Bertz CT molecular complexity index is 1420. The second-order valence-electron chi connectivity index (χ2n) is 8.03. The number of imidazole rings is 1. The van der Waals surface area contributed by atoms with Gasteiger partial charge in [0.1, 0.15) is 11.5 Å². The number of ether oxygens (including phenoxy) is 2. The lowest BCUT2D eigenvalue weighted by molar-refractivity contribution is 0.122. The number of hydrogen-bond donors (Lipinski definition) is 2. The van der Waals surface area contributed by atoms with E-state index in [0.29, 0.717) is 18.1 Å². The minimum absolute atomic E-state index is 0.502. The van der Waals surface area contributed by atoms with Gasteiger partial charge < -0.3 is 19.4 Å². The fourth-order valence-electron chi connectivity index (χ4n) is 4.25. The molecule has 0 unspecified atom stereocenters. The van der Waals surface area contributed by atoms with Crippen molar-refractivity contribution in [2.75, 3.05) is 38.3 Å². The first-order chi connectivity index (χ1) is 16.3. The number of methoxy groups -OCH3 is 1. The van der Waals surface area contributed by atoms with Crippen LogP contribution in [0.2, 0.25) is 0 Å². The van der Waals surface area contributed by atoms with Crippen molar-refractivity contribution in [1.82, 2.24) is 30.1 Å². The maximum absolute atomic E-state index is 5.43. The molecule has 1 fully saturated rings. The van der Waals surface area contributed by atoms with Gasteiger partial charge in [-0.2, -0.15) is 5.10 Å². The van der Waals surface area contributed by atoms with Gasteiger partial charge in [0, 0.05) is 49.3 Å². The zero-order valence-corrected chi connectivity index (χ0v) is 18.2. The number of pyridine rings is 2. The largest absolute Gasteiger partial charge is 0.380 e. The van der Waals surface area contributed by atoms with Gasteiger partial charge in [-0.25, -0.2) is 15.0 Å². The van der Waals surface area contributed by atoms with Crippen LogP contribution in [-0.2, 0) is 16.1 Å². The summed E-state index contributed by atoms with van der Waals surface area (Å²) in [5.74, 6) is 1.66. The molecule has 1 saturated heterocycles. The molecule has 5 aromatic rings. The molecule has 0 atom stereocenters. The molecular formula is C24H23N7O2. The summed E-state index contributed by atoms with van der Waals surface area (Å²) < 4.78 is 10.7. The van der Waals surface area contributed by atoms with Crippen molar-refractivity contribution in [1.29, 1.82) is 0 Å². The molecule has 6 rings (SSSR count). The number of morpholine rings is 1. The second kappa shape index (κ2) is 8.27. The number of nitrogens with one attached hydrogen (secondary N) is 2. The minimum Gasteiger partial charge on any atom is -0.380 e. The Kier molecular flexibility index (Phi) is 4.97. The van der Waals surface area contributed by atoms with E-state index in [2.05, 4.69) is 48.2 Å². The highest BCUT2D eigenvalue weighted by molar-refractivity contribution is 5.93. The average molecular weight is 441 g/mol. The van der Waals surface area contributed by atoms with Crippen molar-refractivity contribution in [3.8, 4) is 22.6 Å². The average Bonchev–Trinajstić information content (AvgIpc) is 3.49. The number of para-hydroxylation sites is 1. The highest BCUT2D eigenvalue weighted by Gasteiger charge is 2.16. The van der Waals surface area contributed by atoms with Crippen molar-refractivity contribution in [3.63, 3.8) is 0 Å². The van der Waals surface area contributed by atoms with E-state index in [1.54, 1.807) is 7.11 Å². The topological polar surface area (TPSA) is 105 Å². The fraction of sp³-hybridized carbons (Fsp3) is 0.250. The molecule has 9 nitrogen and oxygen atoms in total. The molecule has 166 valence electrons. The number of rotatable bonds is 5. The third kappa shape index (κ3) is 3.61. The van der Waals surface area contributed by atoms with Gasteiger partial charge in [0.15, 0.2) is 11.5 Å². The normalized spacial score (nSPS) is 14.4. The summed E-state index contributed by atoms with van der Waals surface area (Å²) in [6.07, 6.45) is 3.73. The molecule has 0 amide bonds. The van der Waals surface area contributed by atoms with Gasteiger partial charge in [0.05, 0.1) is 36.2 Å². The van der Waals surface area contributed by atoms with Gasteiger partial charge in [-0.1, -0.05) is 12.1 Å². The van der Waals surface area contributed by atoms with Crippen LogP contribution >= 0.6 is 0 Å². The quantitative estimate of drug-likeness (QED) is 0.430. The predicted octanol–water partition coefficient (Wildman–Crippen LogP) is 3.55. The van der Waals surface area contributed by atoms with Gasteiger partial charge in [-0.15, -0.1) is 0 Å². The van der Waals surface area contributed by atoms with E-state index < -0.39 is 0 Å². The van der Waals surface area contributed by atoms with Crippen LogP contribution in [-0.4, -0.2) is 63.5 Å². The Morgan fingerprint density at radius 3 is 2.76 bits per heavy atom. The van der Waals surface area contributed by atoms with E-state index in [1.165, 1.54) is 0 Å². The molecule has 33 heavy (non-hydrogen) atoms. The van der Waals surface area contributed by atoms with Gasteiger partial charge >= 0.3 is 0 Å². The van der Waals surface area contributed by atoms with Crippen molar-refractivity contribution >= 4 is 27.9 Å². The van der Waals surface area contributed by atoms with Crippen LogP contribution in [0.3, 0.4) is 0 Å². The maximum Gasteiger partial charge on any atom is 0.159 e. The van der Waals surface area contributed by atoms with Crippen molar-refractivity contribution in [2.45, 2.75) is 6.61 Å². The summed E-state index contributed by atoms with van der Waals surface area (Å²) in [6.45, 7) is 3.70. The molecule has 1 aliphatic rings. The third-order valence-electron chi connectivity index (χ3n) is 5.95.